The highest BCUT2D eigenvalue weighted by Gasteiger charge is 2.07. The van der Waals surface area contributed by atoms with Gasteiger partial charge in [-0.2, -0.15) is 5.10 Å². The van der Waals surface area contributed by atoms with E-state index in [1.807, 2.05) is 31.1 Å². The molecule has 0 unspecified atom stereocenters. The van der Waals surface area contributed by atoms with E-state index in [2.05, 4.69) is 15.4 Å². The zero-order valence-electron chi connectivity index (χ0n) is 9.92. The fraction of sp³-hybridized carbons (Fsp3) is 0.364. The number of imidazole rings is 1. The molecule has 0 saturated heterocycles. The fourth-order valence-electron chi connectivity index (χ4n) is 1.54. The molecule has 0 aliphatic rings. The molecule has 2 aromatic rings. The van der Waals surface area contributed by atoms with Gasteiger partial charge < -0.3 is 9.88 Å². The van der Waals surface area contributed by atoms with Gasteiger partial charge in [-0.15, -0.1) is 0 Å². The number of nitrogens with zero attached hydrogens (tertiary/aromatic N) is 4. The lowest BCUT2D eigenvalue weighted by molar-refractivity contribution is -0.120. The summed E-state index contributed by atoms with van der Waals surface area (Å²) in [6, 6.07) is 0. The summed E-state index contributed by atoms with van der Waals surface area (Å²) in [6.45, 7) is 0.497. The Morgan fingerprint density at radius 2 is 2.29 bits per heavy atom. The molecule has 0 radical (unpaired) electrons. The van der Waals surface area contributed by atoms with Crippen LogP contribution >= 0.6 is 0 Å². The first kappa shape index (κ1) is 11.4. The Morgan fingerprint density at radius 3 is 2.88 bits per heavy atom. The molecule has 2 rings (SSSR count). The summed E-state index contributed by atoms with van der Waals surface area (Å²) in [6.07, 6.45) is 7.42. The molecule has 6 heteroatoms. The highest BCUT2D eigenvalue weighted by molar-refractivity contribution is 5.77. The fourth-order valence-corrected chi connectivity index (χ4v) is 1.54. The molecule has 0 aliphatic carbocycles. The number of aryl methyl sites for hydroxylation is 2. The van der Waals surface area contributed by atoms with Crippen LogP contribution in [-0.2, 0) is 31.9 Å². The molecule has 0 saturated carbocycles. The van der Waals surface area contributed by atoms with Gasteiger partial charge in [0.1, 0.15) is 5.82 Å². The van der Waals surface area contributed by atoms with E-state index >= 15 is 0 Å². The Morgan fingerprint density at radius 1 is 1.47 bits per heavy atom. The first-order chi connectivity index (χ1) is 8.15. The molecule has 17 heavy (non-hydrogen) atoms. The van der Waals surface area contributed by atoms with Gasteiger partial charge in [-0.25, -0.2) is 4.98 Å². The second kappa shape index (κ2) is 4.82. The van der Waals surface area contributed by atoms with Gasteiger partial charge in [0.25, 0.3) is 0 Å². The summed E-state index contributed by atoms with van der Waals surface area (Å²) in [5, 5.41) is 6.87. The molecule has 0 fully saturated rings. The minimum Gasteiger partial charge on any atom is -0.352 e. The molecule has 6 nitrogen and oxygen atoms in total. The summed E-state index contributed by atoms with van der Waals surface area (Å²) in [5.41, 5.74) is 0.987. The Bertz CT molecular complexity index is 513. The van der Waals surface area contributed by atoms with Crippen LogP contribution in [0.15, 0.2) is 24.8 Å². The summed E-state index contributed by atoms with van der Waals surface area (Å²) in [4.78, 5) is 15.8. The van der Waals surface area contributed by atoms with E-state index in [1.54, 1.807) is 17.1 Å². The highest BCUT2D eigenvalue weighted by Crippen LogP contribution is 1.98. The van der Waals surface area contributed by atoms with Crippen molar-refractivity contribution in [3.63, 3.8) is 0 Å². The number of hydrogen-bond donors (Lipinski definition) is 1. The lowest BCUT2D eigenvalue weighted by Gasteiger charge is -2.03. The second-order valence-electron chi connectivity index (χ2n) is 3.93. The topological polar surface area (TPSA) is 64.7 Å². The largest absolute Gasteiger partial charge is 0.352 e. The van der Waals surface area contributed by atoms with Crippen molar-refractivity contribution < 1.29 is 4.79 Å². The van der Waals surface area contributed by atoms with Gasteiger partial charge in [-0.3, -0.25) is 9.48 Å². The average molecular weight is 233 g/mol. The Hall–Kier alpha value is -2.11. The molecular weight excluding hydrogens is 218 g/mol. The van der Waals surface area contributed by atoms with Gasteiger partial charge in [-0.1, -0.05) is 0 Å². The number of amides is 1. The summed E-state index contributed by atoms with van der Waals surface area (Å²) >= 11 is 0. The van der Waals surface area contributed by atoms with E-state index in [0.29, 0.717) is 13.0 Å². The van der Waals surface area contributed by atoms with E-state index in [9.17, 15) is 4.79 Å². The van der Waals surface area contributed by atoms with Gasteiger partial charge >= 0.3 is 0 Å². The lowest BCUT2D eigenvalue weighted by atomic mass is 10.3. The van der Waals surface area contributed by atoms with Crippen molar-refractivity contribution in [3.8, 4) is 0 Å². The van der Waals surface area contributed by atoms with Crippen LogP contribution < -0.4 is 5.32 Å². The minimum absolute atomic E-state index is 0.0387. The zero-order valence-corrected chi connectivity index (χ0v) is 9.92. The number of carbonyl (C=O) groups excluding carboxylic acids is 1. The van der Waals surface area contributed by atoms with Crippen LogP contribution in [0.1, 0.15) is 11.4 Å². The Labute approximate surface area is 99.3 Å². The molecule has 0 atom stereocenters. The third-order valence-electron chi connectivity index (χ3n) is 2.49. The van der Waals surface area contributed by atoms with Crippen LogP contribution in [0.3, 0.4) is 0 Å². The molecule has 2 aromatic heterocycles. The zero-order chi connectivity index (χ0) is 12.3. The second-order valence-corrected chi connectivity index (χ2v) is 3.93. The van der Waals surface area contributed by atoms with Crippen molar-refractivity contribution in [1.82, 2.24) is 24.6 Å². The van der Waals surface area contributed by atoms with E-state index in [4.69, 9.17) is 0 Å². The van der Waals surface area contributed by atoms with Crippen molar-refractivity contribution in [2.75, 3.05) is 0 Å². The predicted molar refractivity (Wildman–Crippen MR) is 62.0 cm³/mol. The van der Waals surface area contributed by atoms with Gasteiger partial charge in [0.05, 0.1) is 12.6 Å². The Kier molecular flexibility index (Phi) is 3.22. The van der Waals surface area contributed by atoms with Crippen molar-refractivity contribution >= 4 is 5.91 Å². The van der Waals surface area contributed by atoms with Crippen LogP contribution in [0.4, 0.5) is 0 Å². The number of rotatable bonds is 4. The molecule has 0 bridgehead atoms. The molecule has 90 valence electrons. The van der Waals surface area contributed by atoms with Crippen LogP contribution in [0.25, 0.3) is 0 Å². The van der Waals surface area contributed by atoms with Crippen LogP contribution in [0.2, 0.25) is 0 Å². The van der Waals surface area contributed by atoms with Gasteiger partial charge in [0.15, 0.2) is 0 Å². The van der Waals surface area contributed by atoms with Crippen molar-refractivity contribution in [3.05, 3.63) is 36.2 Å². The molecular formula is C11H15N5O. The number of aromatic nitrogens is 4. The van der Waals surface area contributed by atoms with Gasteiger partial charge in [0.2, 0.25) is 5.91 Å². The maximum atomic E-state index is 11.7. The van der Waals surface area contributed by atoms with E-state index in [0.717, 1.165) is 11.4 Å². The number of hydrogen-bond acceptors (Lipinski definition) is 3. The number of nitrogens with one attached hydrogen (secondary N) is 1. The first-order valence-corrected chi connectivity index (χ1v) is 5.35. The smallest absolute Gasteiger partial charge is 0.227 e. The minimum atomic E-state index is -0.0387. The van der Waals surface area contributed by atoms with Crippen molar-refractivity contribution in [2.24, 2.45) is 14.1 Å². The molecule has 0 spiro atoms. The maximum Gasteiger partial charge on any atom is 0.227 e. The van der Waals surface area contributed by atoms with Crippen molar-refractivity contribution in [2.45, 2.75) is 13.0 Å². The summed E-state index contributed by atoms with van der Waals surface area (Å²) < 4.78 is 3.55. The summed E-state index contributed by atoms with van der Waals surface area (Å²) in [5.74, 6) is 0.719. The monoisotopic (exact) mass is 233 g/mol. The van der Waals surface area contributed by atoms with Crippen molar-refractivity contribution in [1.29, 1.82) is 0 Å². The molecule has 2 heterocycles. The SMILES string of the molecule is Cn1cc(CNC(=O)Cc2nccn2C)cn1. The lowest BCUT2D eigenvalue weighted by Crippen LogP contribution is -2.25. The third kappa shape index (κ3) is 2.93. The molecule has 1 amide bonds. The molecule has 0 aliphatic heterocycles. The third-order valence-corrected chi connectivity index (χ3v) is 2.49. The standard InChI is InChI=1S/C11H15N5O/c1-15-4-3-12-10(15)5-11(17)13-6-9-7-14-16(2)8-9/h3-4,7-8H,5-6H2,1-2H3,(H,13,17). The molecule has 0 aromatic carbocycles. The van der Waals surface area contributed by atoms with Crippen LogP contribution in [-0.4, -0.2) is 25.2 Å². The van der Waals surface area contributed by atoms with Gasteiger partial charge in [-0.05, 0) is 0 Å². The van der Waals surface area contributed by atoms with E-state index < -0.39 is 0 Å². The summed E-state index contributed by atoms with van der Waals surface area (Å²) in [7, 11) is 3.72. The van der Waals surface area contributed by atoms with E-state index in [1.165, 1.54) is 0 Å². The quantitative estimate of drug-likeness (QED) is 0.809. The maximum absolute atomic E-state index is 11.7. The molecule has 1 N–H and O–H groups in total. The number of carbonyl (C=O) groups is 1. The van der Waals surface area contributed by atoms with Crippen LogP contribution in [0.5, 0.6) is 0 Å². The van der Waals surface area contributed by atoms with Gasteiger partial charge in [0, 0.05) is 44.8 Å². The van der Waals surface area contributed by atoms with E-state index in [-0.39, 0.29) is 5.91 Å². The van der Waals surface area contributed by atoms with Crippen LogP contribution in [0, 0.1) is 0 Å². The first-order valence-electron chi connectivity index (χ1n) is 5.35. The predicted octanol–water partition coefficient (Wildman–Crippen LogP) is 0.0125. The normalized spacial score (nSPS) is 10.5. The Balaban J connectivity index is 1.84. The average Bonchev–Trinajstić information content (AvgIpc) is 2.86. The highest BCUT2D eigenvalue weighted by atomic mass is 16.1.